The Labute approximate surface area is 189 Å². The molecule has 0 radical (unpaired) electrons. The van der Waals surface area contributed by atoms with E-state index in [0.29, 0.717) is 32.6 Å². The third kappa shape index (κ3) is 4.00. The first-order valence-electron chi connectivity index (χ1n) is 9.90. The van der Waals surface area contributed by atoms with Gasteiger partial charge in [-0.1, -0.05) is 35.9 Å². The number of aromatic nitrogens is 1. The SMILES string of the molecule is Cc1ccc(-n2c(O)c(/C=N/NC(=O)c3ccc(Cl)cc3)c3ccccc3c2=O)cc1C. The number of benzene rings is 3. The fraction of sp³-hybridized carbons (Fsp3) is 0.0800. The average Bonchev–Trinajstić information content (AvgIpc) is 2.79. The minimum absolute atomic E-state index is 0.263. The zero-order valence-electron chi connectivity index (χ0n) is 17.5. The summed E-state index contributed by atoms with van der Waals surface area (Å²) in [5, 5.41) is 16.5. The quantitative estimate of drug-likeness (QED) is 0.352. The molecular formula is C25H20ClN3O3. The standard InChI is InChI=1S/C25H20ClN3O3/c1-15-7-12-19(13-16(15)2)29-24(31)21-6-4-3-5-20(21)22(25(29)32)14-27-28-23(30)17-8-10-18(26)11-9-17/h3-14,32H,1-2H3,(H,28,30)/b27-14+. The van der Waals surface area contributed by atoms with Crippen molar-refractivity contribution in [2.24, 2.45) is 5.10 Å². The van der Waals surface area contributed by atoms with E-state index in [-0.39, 0.29) is 11.4 Å². The van der Waals surface area contributed by atoms with Crippen molar-refractivity contribution in [3.63, 3.8) is 0 Å². The molecule has 0 atom stereocenters. The molecular weight excluding hydrogens is 426 g/mol. The molecule has 0 bridgehead atoms. The van der Waals surface area contributed by atoms with Gasteiger partial charge in [0.1, 0.15) is 0 Å². The van der Waals surface area contributed by atoms with E-state index in [1.54, 1.807) is 54.6 Å². The predicted octanol–water partition coefficient (Wildman–Crippen LogP) is 4.73. The van der Waals surface area contributed by atoms with E-state index in [0.717, 1.165) is 11.1 Å². The Kier molecular flexibility index (Phi) is 5.79. The van der Waals surface area contributed by atoms with Crippen molar-refractivity contribution in [3.05, 3.63) is 104 Å². The summed E-state index contributed by atoms with van der Waals surface area (Å²) in [6.45, 7) is 3.92. The Morgan fingerprint density at radius 2 is 1.69 bits per heavy atom. The zero-order chi connectivity index (χ0) is 22.8. The van der Waals surface area contributed by atoms with Crippen LogP contribution < -0.4 is 11.0 Å². The predicted molar refractivity (Wildman–Crippen MR) is 127 cm³/mol. The molecule has 0 saturated heterocycles. The summed E-state index contributed by atoms with van der Waals surface area (Å²) in [5.41, 5.74) is 5.41. The lowest BCUT2D eigenvalue weighted by Gasteiger charge is -2.14. The lowest BCUT2D eigenvalue weighted by atomic mass is 10.1. The van der Waals surface area contributed by atoms with E-state index in [1.807, 2.05) is 26.0 Å². The highest BCUT2D eigenvalue weighted by molar-refractivity contribution is 6.30. The van der Waals surface area contributed by atoms with Gasteiger partial charge in [-0.2, -0.15) is 5.10 Å². The molecule has 7 heteroatoms. The number of nitrogens with zero attached hydrogens (tertiary/aromatic N) is 2. The van der Waals surface area contributed by atoms with Crippen LogP contribution in [0.2, 0.25) is 5.02 Å². The summed E-state index contributed by atoms with van der Waals surface area (Å²) >= 11 is 5.85. The number of aromatic hydroxyl groups is 1. The van der Waals surface area contributed by atoms with E-state index >= 15 is 0 Å². The molecule has 0 spiro atoms. The number of rotatable bonds is 4. The number of hydrogen-bond acceptors (Lipinski definition) is 4. The van der Waals surface area contributed by atoms with Gasteiger partial charge in [0.2, 0.25) is 5.88 Å². The van der Waals surface area contributed by atoms with Crippen molar-refractivity contribution in [2.75, 3.05) is 0 Å². The van der Waals surface area contributed by atoms with Gasteiger partial charge in [0.05, 0.1) is 17.5 Å². The summed E-state index contributed by atoms with van der Waals surface area (Å²) < 4.78 is 1.25. The number of carbonyl (C=O) groups is 1. The van der Waals surface area contributed by atoms with Crippen molar-refractivity contribution < 1.29 is 9.90 Å². The fourth-order valence-electron chi connectivity index (χ4n) is 3.41. The topological polar surface area (TPSA) is 83.7 Å². The summed E-state index contributed by atoms with van der Waals surface area (Å²) in [5.74, 6) is -0.689. The third-order valence-electron chi connectivity index (χ3n) is 5.32. The van der Waals surface area contributed by atoms with Crippen LogP contribution in [-0.2, 0) is 0 Å². The first-order valence-corrected chi connectivity index (χ1v) is 10.3. The average molecular weight is 446 g/mol. The van der Waals surface area contributed by atoms with E-state index < -0.39 is 5.91 Å². The second kappa shape index (κ2) is 8.69. The van der Waals surface area contributed by atoms with Crippen LogP contribution in [-0.4, -0.2) is 21.8 Å². The van der Waals surface area contributed by atoms with Crippen LogP contribution in [0, 0.1) is 13.8 Å². The molecule has 1 heterocycles. The summed E-state index contributed by atoms with van der Waals surface area (Å²) in [7, 11) is 0. The van der Waals surface area contributed by atoms with Crippen LogP contribution >= 0.6 is 11.6 Å². The fourth-order valence-corrected chi connectivity index (χ4v) is 3.54. The zero-order valence-corrected chi connectivity index (χ0v) is 18.2. The first kappa shape index (κ1) is 21.3. The second-order valence-corrected chi connectivity index (χ2v) is 7.83. The Bertz CT molecular complexity index is 1420. The number of hydrazone groups is 1. The van der Waals surface area contributed by atoms with Gasteiger partial charge >= 0.3 is 0 Å². The minimum Gasteiger partial charge on any atom is -0.494 e. The number of nitrogens with one attached hydrogen (secondary N) is 1. The molecule has 1 aromatic heterocycles. The summed E-state index contributed by atoms with van der Waals surface area (Å²) in [4.78, 5) is 25.5. The number of hydrogen-bond donors (Lipinski definition) is 2. The molecule has 32 heavy (non-hydrogen) atoms. The Morgan fingerprint density at radius 3 is 2.38 bits per heavy atom. The number of halogens is 1. The molecule has 0 unspecified atom stereocenters. The lowest BCUT2D eigenvalue weighted by Crippen LogP contribution is -2.21. The molecule has 0 aliphatic rings. The molecule has 1 amide bonds. The van der Waals surface area contributed by atoms with Gasteiger partial charge in [-0.05, 0) is 67.4 Å². The van der Waals surface area contributed by atoms with Crippen molar-refractivity contribution >= 4 is 34.5 Å². The van der Waals surface area contributed by atoms with Gasteiger partial charge in [0.25, 0.3) is 11.5 Å². The number of fused-ring (bicyclic) bond motifs is 1. The van der Waals surface area contributed by atoms with Gasteiger partial charge < -0.3 is 5.11 Å². The Morgan fingerprint density at radius 1 is 1.00 bits per heavy atom. The molecule has 2 N–H and O–H groups in total. The van der Waals surface area contributed by atoms with E-state index in [4.69, 9.17) is 11.6 Å². The largest absolute Gasteiger partial charge is 0.494 e. The van der Waals surface area contributed by atoms with Crippen molar-refractivity contribution in [3.8, 4) is 11.6 Å². The summed E-state index contributed by atoms with van der Waals surface area (Å²) in [6, 6.07) is 18.8. The first-order chi connectivity index (χ1) is 15.4. The number of amides is 1. The summed E-state index contributed by atoms with van der Waals surface area (Å²) in [6.07, 6.45) is 1.34. The van der Waals surface area contributed by atoms with Crippen molar-refractivity contribution in [1.29, 1.82) is 0 Å². The Hall–Kier alpha value is -3.90. The monoisotopic (exact) mass is 445 g/mol. The van der Waals surface area contributed by atoms with E-state index in [9.17, 15) is 14.7 Å². The van der Waals surface area contributed by atoms with Crippen LogP contribution in [0.4, 0.5) is 0 Å². The number of pyridine rings is 1. The highest BCUT2D eigenvalue weighted by atomic mass is 35.5. The van der Waals surface area contributed by atoms with Gasteiger partial charge in [0.15, 0.2) is 0 Å². The van der Waals surface area contributed by atoms with E-state index in [2.05, 4.69) is 10.5 Å². The van der Waals surface area contributed by atoms with Crippen LogP contribution in [0.15, 0.2) is 76.6 Å². The van der Waals surface area contributed by atoms with E-state index in [1.165, 1.54) is 10.8 Å². The second-order valence-electron chi connectivity index (χ2n) is 7.40. The highest BCUT2D eigenvalue weighted by Gasteiger charge is 2.16. The molecule has 3 aromatic carbocycles. The van der Waals surface area contributed by atoms with Crippen molar-refractivity contribution in [1.82, 2.24) is 9.99 Å². The molecule has 0 saturated carbocycles. The molecule has 0 fully saturated rings. The van der Waals surface area contributed by atoms with Crippen molar-refractivity contribution in [2.45, 2.75) is 13.8 Å². The maximum Gasteiger partial charge on any atom is 0.271 e. The van der Waals surface area contributed by atoms with Crippen LogP contribution in [0.5, 0.6) is 5.88 Å². The Balaban J connectivity index is 1.79. The third-order valence-corrected chi connectivity index (χ3v) is 5.57. The molecule has 4 aromatic rings. The minimum atomic E-state index is -0.427. The number of aryl methyl sites for hydroxylation is 2. The van der Waals surface area contributed by atoms with Crippen LogP contribution in [0.3, 0.4) is 0 Å². The van der Waals surface area contributed by atoms with Gasteiger partial charge in [0, 0.05) is 21.4 Å². The molecule has 6 nitrogen and oxygen atoms in total. The van der Waals surface area contributed by atoms with Crippen LogP contribution in [0.25, 0.3) is 16.5 Å². The number of carbonyl (C=O) groups excluding carboxylic acids is 1. The maximum atomic E-state index is 13.2. The van der Waals surface area contributed by atoms with Gasteiger partial charge in [-0.25, -0.2) is 9.99 Å². The highest BCUT2D eigenvalue weighted by Crippen LogP contribution is 2.26. The normalized spacial score (nSPS) is 11.2. The molecule has 0 aliphatic heterocycles. The molecule has 4 rings (SSSR count). The molecule has 160 valence electrons. The van der Waals surface area contributed by atoms with Crippen LogP contribution in [0.1, 0.15) is 27.0 Å². The maximum absolute atomic E-state index is 13.2. The molecule has 0 aliphatic carbocycles. The lowest BCUT2D eigenvalue weighted by molar-refractivity contribution is 0.0955. The van der Waals surface area contributed by atoms with Gasteiger partial charge in [-0.15, -0.1) is 0 Å². The van der Waals surface area contributed by atoms with Gasteiger partial charge in [-0.3, -0.25) is 9.59 Å². The smallest absolute Gasteiger partial charge is 0.271 e.